The second kappa shape index (κ2) is 8.33. The van der Waals surface area contributed by atoms with Gasteiger partial charge in [0.2, 0.25) is 0 Å². The van der Waals surface area contributed by atoms with E-state index in [2.05, 4.69) is 0 Å². The van der Waals surface area contributed by atoms with Gasteiger partial charge in [-0.2, -0.15) is 11.8 Å². The van der Waals surface area contributed by atoms with Crippen LogP contribution in [-0.2, 0) is 14.3 Å². The van der Waals surface area contributed by atoms with Crippen LogP contribution in [0.25, 0.3) is 0 Å². The maximum Gasteiger partial charge on any atom is 0.186 e. The standard InChI is InChI=1S/C14H24O6S/c15-11(16)5-7-21-8-10-9-4-2-1-3-6-19-14(20-10)13(18)12(9)17/h9-10,12-14,17-18H,1-8H2,(H,15,16)/p-1/t9-,10-,12?,13?,14+/m1/s1. The van der Waals surface area contributed by atoms with E-state index in [9.17, 15) is 20.1 Å². The van der Waals surface area contributed by atoms with Crippen molar-refractivity contribution in [2.45, 2.75) is 56.7 Å². The largest absolute Gasteiger partial charge is 0.550 e. The van der Waals surface area contributed by atoms with E-state index in [1.807, 2.05) is 0 Å². The monoisotopic (exact) mass is 319 g/mol. The summed E-state index contributed by atoms with van der Waals surface area (Å²) in [4.78, 5) is 10.4. The molecule has 2 N–H and O–H groups in total. The van der Waals surface area contributed by atoms with E-state index in [0.717, 1.165) is 25.7 Å². The minimum atomic E-state index is -1.06. The highest BCUT2D eigenvalue weighted by Crippen LogP contribution is 2.33. The van der Waals surface area contributed by atoms with E-state index in [1.165, 1.54) is 11.8 Å². The summed E-state index contributed by atoms with van der Waals surface area (Å²) in [7, 11) is 0. The third-order valence-corrected chi connectivity index (χ3v) is 5.11. The maximum atomic E-state index is 10.4. The van der Waals surface area contributed by atoms with Crippen LogP contribution in [0, 0.1) is 5.92 Å². The molecule has 0 saturated carbocycles. The van der Waals surface area contributed by atoms with Crippen molar-refractivity contribution < 1.29 is 29.6 Å². The summed E-state index contributed by atoms with van der Waals surface area (Å²) >= 11 is 1.46. The topological polar surface area (TPSA) is 99.1 Å². The highest BCUT2D eigenvalue weighted by atomic mass is 32.2. The summed E-state index contributed by atoms with van der Waals surface area (Å²) in [5.41, 5.74) is 0. The molecule has 2 bridgehead atoms. The third-order valence-electron chi connectivity index (χ3n) is 4.05. The number of hydrogen-bond acceptors (Lipinski definition) is 7. The zero-order valence-corrected chi connectivity index (χ0v) is 12.8. The van der Waals surface area contributed by atoms with Crippen LogP contribution in [0.4, 0.5) is 0 Å². The predicted octanol–water partition coefficient (Wildman–Crippen LogP) is -0.487. The molecule has 3 aliphatic heterocycles. The molecule has 0 aromatic carbocycles. The van der Waals surface area contributed by atoms with Crippen molar-refractivity contribution in [1.29, 1.82) is 0 Å². The average Bonchev–Trinajstić information content (AvgIpc) is 2.46. The van der Waals surface area contributed by atoms with Crippen molar-refractivity contribution in [2.24, 2.45) is 5.92 Å². The Balaban J connectivity index is 1.93. The van der Waals surface area contributed by atoms with Gasteiger partial charge in [0, 0.05) is 24.2 Å². The molecular weight excluding hydrogens is 296 g/mol. The molecule has 122 valence electrons. The van der Waals surface area contributed by atoms with E-state index in [-0.39, 0.29) is 18.4 Å². The summed E-state index contributed by atoms with van der Waals surface area (Å²) in [6.45, 7) is 0.518. The van der Waals surface area contributed by atoms with E-state index < -0.39 is 24.5 Å². The lowest BCUT2D eigenvalue weighted by Crippen LogP contribution is -2.56. The van der Waals surface area contributed by atoms with Gasteiger partial charge in [0.15, 0.2) is 6.29 Å². The van der Waals surface area contributed by atoms with Crippen LogP contribution < -0.4 is 5.11 Å². The van der Waals surface area contributed by atoms with Crippen LogP contribution in [0.1, 0.15) is 32.1 Å². The van der Waals surface area contributed by atoms with Gasteiger partial charge in [-0.25, -0.2) is 0 Å². The number of carbonyl (C=O) groups excluding carboxylic acids is 1. The number of thioether (sulfide) groups is 1. The first-order valence-electron chi connectivity index (χ1n) is 7.50. The summed E-state index contributed by atoms with van der Waals surface area (Å²) in [6.07, 6.45) is 0.859. The molecule has 6 nitrogen and oxygen atoms in total. The summed E-state index contributed by atoms with van der Waals surface area (Å²) in [5, 5.41) is 30.7. The number of aliphatic hydroxyl groups excluding tert-OH is 2. The van der Waals surface area contributed by atoms with Crippen molar-refractivity contribution in [3.63, 3.8) is 0 Å². The highest BCUT2D eigenvalue weighted by Gasteiger charge is 2.44. The number of rotatable bonds is 5. The van der Waals surface area contributed by atoms with Crippen LogP contribution in [0.3, 0.4) is 0 Å². The molecular formula is C14H23O6S-. The minimum Gasteiger partial charge on any atom is -0.550 e. The number of ether oxygens (including phenoxy) is 2. The summed E-state index contributed by atoms with van der Waals surface area (Å²) in [6, 6.07) is 0. The Morgan fingerprint density at radius 2 is 2.05 bits per heavy atom. The van der Waals surface area contributed by atoms with E-state index in [4.69, 9.17) is 9.47 Å². The van der Waals surface area contributed by atoms with Gasteiger partial charge in [-0.05, 0) is 25.0 Å². The summed E-state index contributed by atoms with van der Waals surface area (Å²) in [5.74, 6) is -0.149. The molecule has 3 rings (SSSR count). The van der Waals surface area contributed by atoms with E-state index in [1.54, 1.807) is 0 Å². The van der Waals surface area contributed by atoms with Gasteiger partial charge in [0.25, 0.3) is 0 Å². The molecule has 3 saturated heterocycles. The van der Waals surface area contributed by atoms with Crippen LogP contribution in [-0.4, -0.2) is 58.9 Å². The molecule has 3 heterocycles. The average molecular weight is 319 g/mol. The molecule has 21 heavy (non-hydrogen) atoms. The Kier molecular flexibility index (Phi) is 6.75. The van der Waals surface area contributed by atoms with Gasteiger partial charge < -0.3 is 29.6 Å². The maximum absolute atomic E-state index is 10.4. The van der Waals surface area contributed by atoms with Crippen LogP contribution >= 0.6 is 11.8 Å². The molecule has 0 aliphatic carbocycles. The SMILES string of the molecule is O=C([O-])CCSC[C@H]1O[C@@H]2OCCCCC[C@H]1C(O)C2O. The van der Waals surface area contributed by atoms with Crippen molar-refractivity contribution in [1.82, 2.24) is 0 Å². The van der Waals surface area contributed by atoms with Crippen molar-refractivity contribution >= 4 is 17.7 Å². The lowest BCUT2D eigenvalue weighted by molar-refractivity contribution is -0.305. The first-order valence-corrected chi connectivity index (χ1v) is 8.66. The molecule has 5 atom stereocenters. The van der Waals surface area contributed by atoms with Gasteiger partial charge in [-0.3, -0.25) is 0 Å². The Labute approximate surface area is 128 Å². The number of fused-ring (bicyclic) bond motifs is 7. The van der Waals surface area contributed by atoms with Crippen LogP contribution in [0.15, 0.2) is 0 Å². The normalized spacial score (nSPS) is 37.3. The molecule has 0 aromatic heterocycles. The van der Waals surface area contributed by atoms with Crippen molar-refractivity contribution in [2.75, 3.05) is 18.1 Å². The fourth-order valence-corrected chi connectivity index (χ4v) is 3.89. The molecule has 0 aromatic rings. The van der Waals surface area contributed by atoms with Gasteiger partial charge >= 0.3 is 0 Å². The molecule has 0 radical (unpaired) electrons. The number of aliphatic hydroxyl groups is 2. The zero-order valence-electron chi connectivity index (χ0n) is 12.0. The Hall–Kier alpha value is -0.340. The lowest BCUT2D eigenvalue weighted by Gasteiger charge is -2.43. The number of aliphatic carboxylic acids is 1. The highest BCUT2D eigenvalue weighted by molar-refractivity contribution is 7.99. The third kappa shape index (κ3) is 4.82. The van der Waals surface area contributed by atoms with Gasteiger partial charge in [-0.15, -0.1) is 0 Å². The van der Waals surface area contributed by atoms with Crippen LogP contribution in [0.2, 0.25) is 0 Å². The number of carboxylic acid groups (broad SMARTS) is 1. The molecule has 2 unspecified atom stereocenters. The first-order chi connectivity index (χ1) is 10.1. The number of carboxylic acids is 1. The Morgan fingerprint density at radius 1 is 1.24 bits per heavy atom. The number of carbonyl (C=O) groups is 1. The van der Waals surface area contributed by atoms with E-state index >= 15 is 0 Å². The molecule has 0 amide bonds. The zero-order chi connectivity index (χ0) is 15.2. The van der Waals surface area contributed by atoms with Gasteiger partial charge in [0.1, 0.15) is 6.10 Å². The van der Waals surface area contributed by atoms with Crippen molar-refractivity contribution in [3.05, 3.63) is 0 Å². The minimum absolute atomic E-state index is 0.00710. The van der Waals surface area contributed by atoms with Gasteiger partial charge in [-0.1, -0.05) is 12.8 Å². The molecule has 7 heteroatoms. The van der Waals surface area contributed by atoms with Crippen LogP contribution in [0.5, 0.6) is 0 Å². The molecule has 3 fully saturated rings. The van der Waals surface area contributed by atoms with Gasteiger partial charge in [0.05, 0.1) is 12.2 Å². The second-order valence-corrected chi connectivity index (χ2v) is 6.75. The predicted molar refractivity (Wildman–Crippen MR) is 75.5 cm³/mol. The van der Waals surface area contributed by atoms with Crippen molar-refractivity contribution in [3.8, 4) is 0 Å². The molecule has 3 aliphatic rings. The molecule has 0 spiro atoms. The fraction of sp³-hybridized carbons (Fsp3) is 0.929. The Morgan fingerprint density at radius 3 is 2.81 bits per heavy atom. The fourth-order valence-electron chi connectivity index (χ4n) is 2.86. The van der Waals surface area contributed by atoms with E-state index in [0.29, 0.717) is 18.1 Å². The lowest BCUT2D eigenvalue weighted by atomic mass is 9.85. The second-order valence-electron chi connectivity index (χ2n) is 5.61. The summed E-state index contributed by atoms with van der Waals surface area (Å²) < 4.78 is 11.3. The Bertz CT molecular complexity index is 337. The number of hydrogen-bond donors (Lipinski definition) is 2. The smallest absolute Gasteiger partial charge is 0.186 e. The quantitative estimate of drug-likeness (QED) is 0.660. The first kappa shape index (κ1) is 17.0.